The van der Waals surface area contributed by atoms with E-state index in [4.69, 9.17) is 4.74 Å². The summed E-state index contributed by atoms with van der Waals surface area (Å²) in [5.74, 6) is -2.46. The number of sulfonamides is 1. The number of aromatic nitrogens is 1. The quantitative estimate of drug-likeness (QED) is 0.296. The Morgan fingerprint density at radius 2 is 1.75 bits per heavy atom. The number of carboxylic acid groups (broad SMARTS) is 1. The molecule has 2 N–H and O–H groups in total. The summed E-state index contributed by atoms with van der Waals surface area (Å²) in [6.45, 7) is 1.91. The lowest BCUT2D eigenvalue weighted by molar-refractivity contribution is -0.274. The van der Waals surface area contributed by atoms with Crippen molar-refractivity contribution in [1.29, 1.82) is 0 Å². The molecule has 1 saturated heterocycles. The number of halogens is 3. The molecule has 0 saturated carbocycles. The Hall–Kier alpha value is -3.73. The predicted molar refractivity (Wildman–Crippen MR) is 155 cm³/mol. The minimum absolute atomic E-state index is 0.00263. The summed E-state index contributed by atoms with van der Waals surface area (Å²) in [6.07, 6.45) is -3.06. The highest BCUT2D eigenvalue weighted by atomic mass is 32.2. The van der Waals surface area contributed by atoms with Crippen molar-refractivity contribution < 1.29 is 45.8 Å². The van der Waals surface area contributed by atoms with Gasteiger partial charge in [-0.15, -0.1) is 13.2 Å². The number of carboxylic acids is 1. The van der Waals surface area contributed by atoms with Crippen LogP contribution in [0.3, 0.4) is 0 Å². The van der Waals surface area contributed by atoms with Crippen LogP contribution in [-0.4, -0.2) is 73.8 Å². The molecule has 11 nitrogen and oxygen atoms in total. The lowest BCUT2D eigenvalue weighted by Crippen LogP contribution is -2.60. The van der Waals surface area contributed by atoms with E-state index in [2.05, 4.69) is 22.0 Å². The zero-order chi connectivity index (χ0) is 32.1. The molecule has 4 rings (SSSR count). The average molecular weight is 657 g/mol. The molecule has 238 valence electrons. The highest BCUT2D eigenvalue weighted by molar-refractivity contribution is 7.89. The van der Waals surface area contributed by atoms with Gasteiger partial charge in [0.1, 0.15) is 11.8 Å². The van der Waals surface area contributed by atoms with Gasteiger partial charge in [0.2, 0.25) is 15.9 Å². The first-order chi connectivity index (χ1) is 20.8. The highest BCUT2D eigenvalue weighted by Gasteiger charge is 2.41. The molecule has 2 aromatic carbocycles. The monoisotopic (exact) mass is 656 g/mol. The SMILES string of the molecule is CCCc1ccc(CNC(=O)C2CN(c3nc(C(=O)O)c(COC)s3)CCN2S(=O)(=O)c2ccc(OC(F)(F)F)cc2)cc1. The van der Waals surface area contributed by atoms with Crippen LogP contribution < -0.4 is 15.0 Å². The van der Waals surface area contributed by atoms with E-state index in [1.807, 2.05) is 24.3 Å². The summed E-state index contributed by atoms with van der Waals surface area (Å²) in [6, 6.07) is 10.1. The van der Waals surface area contributed by atoms with Gasteiger partial charge in [-0.3, -0.25) is 4.79 Å². The van der Waals surface area contributed by atoms with E-state index < -0.39 is 40.1 Å². The maximum absolute atomic E-state index is 13.7. The van der Waals surface area contributed by atoms with Crippen molar-refractivity contribution in [2.75, 3.05) is 31.6 Å². The van der Waals surface area contributed by atoms with Gasteiger partial charge in [-0.05, 0) is 41.8 Å². The van der Waals surface area contributed by atoms with Crippen LogP contribution in [0.25, 0.3) is 0 Å². The fourth-order valence-electron chi connectivity index (χ4n) is 4.68. The second-order valence-corrected chi connectivity index (χ2v) is 12.8. The number of benzene rings is 2. The number of aryl methyl sites for hydroxylation is 1. The van der Waals surface area contributed by atoms with Crippen molar-refractivity contribution in [2.45, 2.75) is 50.2 Å². The number of amides is 1. The van der Waals surface area contributed by atoms with Gasteiger partial charge < -0.3 is 24.8 Å². The minimum atomic E-state index is -4.95. The normalized spacial score (nSPS) is 16.1. The number of alkyl halides is 3. The van der Waals surface area contributed by atoms with E-state index in [1.165, 1.54) is 7.11 Å². The van der Waals surface area contributed by atoms with E-state index in [0.29, 0.717) is 4.88 Å². The van der Waals surface area contributed by atoms with Crippen LogP contribution in [0.1, 0.15) is 39.8 Å². The number of hydrogen-bond donors (Lipinski definition) is 2. The number of carbonyl (C=O) groups is 2. The van der Waals surface area contributed by atoms with Crippen LogP contribution in [0.4, 0.5) is 18.3 Å². The second-order valence-electron chi connectivity index (χ2n) is 9.89. The number of piperazine rings is 1. The summed E-state index contributed by atoms with van der Waals surface area (Å²) in [7, 11) is -2.95. The molecule has 3 aromatic rings. The van der Waals surface area contributed by atoms with Crippen LogP contribution in [0.5, 0.6) is 5.75 Å². The Morgan fingerprint density at radius 3 is 2.34 bits per heavy atom. The molecule has 1 aliphatic rings. The molecule has 0 spiro atoms. The topological polar surface area (TPSA) is 138 Å². The van der Waals surface area contributed by atoms with E-state index >= 15 is 0 Å². The summed E-state index contributed by atoms with van der Waals surface area (Å²) in [5, 5.41) is 12.6. The number of carbonyl (C=O) groups excluding carboxylic acids is 1. The third-order valence-corrected chi connectivity index (χ3v) is 9.77. The Bertz CT molecular complexity index is 1560. The molecule has 2 heterocycles. The zero-order valence-corrected chi connectivity index (χ0v) is 25.5. The molecular formula is C28H31F3N4O7S2. The van der Waals surface area contributed by atoms with Crippen molar-refractivity contribution in [3.63, 3.8) is 0 Å². The standard InChI is InChI=1S/C28H31F3N4O7S2/c1-3-4-18-5-7-19(8-6-18)15-32-25(36)22-16-34(27-33-24(26(37)38)23(43-27)17-41-2)13-14-35(22)44(39,40)21-11-9-20(10-12-21)42-28(29,30)31/h5-12,22H,3-4,13-17H2,1-2H3,(H,32,36)(H,37,38). The lowest BCUT2D eigenvalue weighted by atomic mass is 10.1. The number of hydrogen-bond acceptors (Lipinski definition) is 9. The Balaban J connectivity index is 1.60. The number of anilines is 1. The van der Waals surface area contributed by atoms with Crippen LogP contribution >= 0.6 is 11.3 Å². The van der Waals surface area contributed by atoms with Gasteiger partial charge in [-0.25, -0.2) is 18.2 Å². The Labute approximate surface area is 256 Å². The van der Waals surface area contributed by atoms with E-state index in [0.717, 1.165) is 63.9 Å². The van der Waals surface area contributed by atoms with Gasteiger partial charge in [0.25, 0.3) is 0 Å². The molecule has 1 atom stereocenters. The summed E-state index contributed by atoms with van der Waals surface area (Å²) < 4.78 is 75.1. The molecule has 1 aliphatic heterocycles. The highest BCUT2D eigenvalue weighted by Crippen LogP contribution is 2.31. The number of thiazole rings is 1. The first-order valence-electron chi connectivity index (χ1n) is 13.5. The summed E-state index contributed by atoms with van der Waals surface area (Å²) >= 11 is 1.06. The molecule has 0 bridgehead atoms. The fourth-order valence-corrected chi connectivity index (χ4v) is 7.31. The van der Waals surface area contributed by atoms with Crippen molar-refractivity contribution in [3.8, 4) is 5.75 Å². The third kappa shape index (κ3) is 8.05. The minimum Gasteiger partial charge on any atom is -0.476 e. The largest absolute Gasteiger partial charge is 0.573 e. The number of aromatic carboxylic acids is 1. The summed E-state index contributed by atoms with van der Waals surface area (Å²) in [4.78, 5) is 31.2. The molecule has 1 fully saturated rings. The van der Waals surface area contributed by atoms with Crippen LogP contribution in [0.15, 0.2) is 53.4 Å². The van der Waals surface area contributed by atoms with Gasteiger partial charge >= 0.3 is 12.3 Å². The average Bonchev–Trinajstić information content (AvgIpc) is 3.40. The number of nitrogens with one attached hydrogen (secondary N) is 1. The van der Waals surface area contributed by atoms with Crippen LogP contribution in [0, 0.1) is 0 Å². The Morgan fingerprint density at radius 1 is 1.09 bits per heavy atom. The van der Waals surface area contributed by atoms with Gasteiger partial charge in [-0.2, -0.15) is 4.31 Å². The molecule has 1 aromatic heterocycles. The van der Waals surface area contributed by atoms with Crippen LogP contribution in [-0.2, 0) is 39.1 Å². The first-order valence-corrected chi connectivity index (χ1v) is 15.8. The number of ether oxygens (including phenoxy) is 2. The van der Waals surface area contributed by atoms with Crippen molar-refractivity contribution in [1.82, 2.24) is 14.6 Å². The molecule has 0 aliphatic carbocycles. The maximum Gasteiger partial charge on any atom is 0.573 e. The van der Waals surface area contributed by atoms with Crippen LogP contribution in [0.2, 0.25) is 0 Å². The van der Waals surface area contributed by atoms with Crippen molar-refractivity contribution in [3.05, 3.63) is 70.2 Å². The predicted octanol–water partition coefficient (Wildman–Crippen LogP) is 4.03. The third-order valence-electron chi connectivity index (χ3n) is 6.76. The second kappa shape index (κ2) is 13.9. The van der Waals surface area contributed by atoms with Gasteiger partial charge in [-0.1, -0.05) is 48.9 Å². The van der Waals surface area contributed by atoms with Gasteiger partial charge in [0.05, 0.1) is 16.4 Å². The smallest absolute Gasteiger partial charge is 0.476 e. The van der Waals surface area contributed by atoms with Gasteiger partial charge in [0.15, 0.2) is 10.8 Å². The Kier molecular flexibility index (Phi) is 10.5. The molecule has 1 unspecified atom stereocenters. The molecule has 44 heavy (non-hydrogen) atoms. The first kappa shape index (κ1) is 33.2. The van der Waals surface area contributed by atoms with Gasteiger partial charge in [0, 0.05) is 33.3 Å². The van der Waals surface area contributed by atoms with Crippen molar-refractivity contribution in [2.24, 2.45) is 0 Å². The van der Waals surface area contributed by atoms with E-state index in [9.17, 15) is 36.3 Å². The molecular weight excluding hydrogens is 625 g/mol. The zero-order valence-electron chi connectivity index (χ0n) is 23.8. The molecule has 0 radical (unpaired) electrons. The van der Waals surface area contributed by atoms with E-state index in [-0.39, 0.29) is 48.5 Å². The lowest BCUT2D eigenvalue weighted by Gasteiger charge is -2.39. The number of methoxy groups -OCH3 is 1. The van der Waals surface area contributed by atoms with Crippen molar-refractivity contribution >= 4 is 38.4 Å². The number of nitrogens with zero attached hydrogens (tertiary/aromatic N) is 3. The van der Waals surface area contributed by atoms with E-state index in [1.54, 1.807) is 4.90 Å². The summed E-state index contributed by atoms with van der Waals surface area (Å²) in [5.41, 5.74) is 1.75. The molecule has 16 heteroatoms. The number of rotatable bonds is 12. The fraction of sp³-hybridized carbons (Fsp3) is 0.393. The maximum atomic E-state index is 13.7. The molecule has 1 amide bonds.